The first-order valence-electron chi connectivity index (χ1n) is 6.35. The van der Waals surface area contributed by atoms with Gasteiger partial charge in [0.15, 0.2) is 0 Å². The number of hydrogen-bond donors (Lipinski definition) is 1. The molecule has 0 aliphatic carbocycles. The summed E-state index contributed by atoms with van der Waals surface area (Å²) in [5.41, 5.74) is 1.82. The second kappa shape index (κ2) is 8.32. The van der Waals surface area contributed by atoms with Gasteiger partial charge in [-0.2, -0.15) is 0 Å². The average Bonchev–Trinajstić information content (AvgIpc) is 2.38. The van der Waals surface area contributed by atoms with Crippen molar-refractivity contribution in [3.63, 3.8) is 0 Å². The van der Waals surface area contributed by atoms with Gasteiger partial charge in [0.25, 0.3) is 0 Å². The van der Waals surface area contributed by atoms with E-state index >= 15 is 0 Å². The monoisotopic (exact) mass is 264 g/mol. The van der Waals surface area contributed by atoms with Crippen molar-refractivity contribution in [3.05, 3.63) is 35.4 Å². The number of ether oxygens (including phenoxy) is 2. The highest BCUT2D eigenvalue weighted by Crippen LogP contribution is 2.21. The minimum absolute atomic E-state index is 0.455. The molecule has 0 spiro atoms. The Kier molecular flexibility index (Phi) is 6.68. The first-order chi connectivity index (χ1) is 9.13. The molecule has 1 aromatic carbocycles. The molecular weight excluding hydrogens is 244 g/mol. The Labute approximate surface area is 113 Å². The van der Waals surface area contributed by atoms with E-state index < -0.39 is 5.97 Å². The van der Waals surface area contributed by atoms with E-state index in [2.05, 4.69) is 6.92 Å². The van der Waals surface area contributed by atoms with E-state index in [4.69, 9.17) is 14.6 Å². The SMILES string of the molecule is CCCOCCOc1ccc(C)cc1/C=C/C(=O)O. The van der Waals surface area contributed by atoms with Gasteiger partial charge in [0, 0.05) is 18.2 Å². The standard InChI is InChI=1S/C15H20O4/c1-3-8-18-9-10-19-14-6-4-12(2)11-13(14)5-7-15(16)17/h4-7,11H,3,8-10H2,1-2H3,(H,16,17)/b7-5+. The number of aliphatic carboxylic acids is 1. The molecule has 0 aliphatic heterocycles. The van der Waals surface area contributed by atoms with Crippen LogP contribution < -0.4 is 4.74 Å². The van der Waals surface area contributed by atoms with Crippen LogP contribution in [0.3, 0.4) is 0 Å². The molecule has 0 atom stereocenters. The summed E-state index contributed by atoms with van der Waals surface area (Å²) in [6.45, 7) is 5.71. The minimum Gasteiger partial charge on any atom is -0.491 e. The Morgan fingerprint density at radius 3 is 2.79 bits per heavy atom. The molecule has 0 amide bonds. The maximum Gasteiger partial charge on any atom is 0.328 e. The van der Waals surface area contributed by atoms with Crippen LogP contribution in [0.1, 0.15) is 24.5 Å². The Morgan fingerprint density at radius 2 is 2.11 bits per heavy atom. The Hall–Kier alpha value is -1.81. The molecule has 0 saturated carbocycles. The quantitative estimate of drug-likeness (QED) is 0.579. The van der Waals surface area contributed by atoms with Crippen LogP contribution in [0.2, 0.25) is 0 Å². The predicted molar refractivity (Wildman–Crippen MR) is 74.5 cm³/mol. The first-order valence-corrected chi connectivity index (χ1v) is 6.35. The van der Waals surface area contributed by atoms with Crippen molar-refractivity contribution < 1.29 is 19.4 Å². The number of aryl methyl sites for hydroxylation is 1. The van der Waals surface area contributed by atoms with Crippen LogP contribution in [0.5, 0.6) is 5.75 Å². The van der Waals surface area contributed by atoms with Crippen molar-refractivity contribution in [1.29, 1.82) is 0 Å². The van der Waals surface area contributed by atoms with Crippen LogP contribution >= 0.6 is 0 Å². The highest BCUT2D eigenvalue weighted by Gasteiger charge is 2.02. The summed E-state index contributed by atoms with van der Waals surface area (Å²) in [7, 11) is 0. The average molecular weight is 264 g/mol. The van der Waals surface area contributed by atoms with Gasteiger partial charge in [0.2, 0.25) is 0 Å². The van der Waals surface area contributed by atoms with Crippen molar-refractivity contribution in [2.75, 3.05) is 19.8 Å². The lowest BCUT2D eigenvalue weighted by Gasteiger charge is -2.10. The second-order valence-corrected chi connectivity index (χ2v) is 4.17. The third kappa shape index (κ3) is 6.06. The molecule has 0 heterocycles. The summed E-state index contributed by atoms with van der Waals surface area (Å²) in [6.07, 6.45) is 3.63. The van der Waals surface area contributed by atoms with Gasteiger partial charge >= 0.3 is 5.97 Å². The zero-order chi connectivity index (χ0) is 14.1. The van der Waals surface area contributed by atoms with Gasteiger partial charge in [-0.3, -0.25) is 0 Å². The third-order valence-corrected chi connectivity index (χ3v) is 2.40. The molecule has 1 aromatic rings. The largest absolute Gasteiger partial charge is 0.491 e. The summed E-state index contributed by atoms with van der Waals surface area (Å²) >= 11 is 0. The summed E-state index contributed by atoms with van der Waals surface area (Å²) < 4.78 is 10.9. The molecule has 0 saturated heterocycles. The van der Waals surface area contributed by atoms with Gasteiger partial charge in [-0.05, 0) is 31.6 Å². The zero-order valence-corrected chi connectivity index (χ0v) is 11.4. The van der Waals surface area contributed by atoms with Crippen molar-refractivity contribution in [2.45, 2.75) is 20.3 Å². The molecule has 4 nitrogen and oxygen atoms in total. The summed E-state index contributed by atoms with van der Waals surface area (Å²) in [5.74, 6) is -0.304. The normalized spacial score (nSPS) is 10.8. The lowest BCUT2D eigenvalue weighted by molar-refractivity contribution is -0.131. The van der Waals surface area contributed by atoms with E-state index in [-0.39, 0.29) is 0 Å². The van der Waals surface area contributed by atoms with Crippen LogP contribution in [0.4, 0.5) is 0 Å². The summed E-state index contributed by atoms with van der Waals surface area (Å²) in [5, 5.41) is 8.66. The molecule has 0 bridgehead atoms. The second-order valence-electron chi connectivity index (χ2n) is 4.17. The van der Waals surface area contributed by atoms with Gasteiger partial charge < -0.3 is 14.6 Å². The number of carboxylic acids is 1. The van der Waals surface area contributed by atoms with E-state index in [1.807, 2.05) is 25.1 Å². The van der Waals surface area contributed by atoms with Crippen molar-refractivity contribution in [3.8, 4) is 5.75 Å². The Bertz CT molecular complexity index is 438. The summed E-state index contributed by atoms with van der Waals surface area (Å²) in [6, 6.07) is 5.67. The van der Waals surface area contributed by atoms with Gasteiger partial charge in [-0.15, -0.1) is 0 Å². The molecule has 19 heavy (non-hydrogen) atoms. The predicted octanol–water partition coefficient (Wildman–Crippen LogP) is 2.90. The van der Waals surface area contributed by atoms with Crippen molar-refractivity contribution in [2.24, 2.45) is 0 Å². The Morgan fingerprint density at radius 1 is 1.32 bits per heavy atom. The topological polar surface area (TPSA) is 55.8 Å². The fourth-order valence-electron chi connectivity index (χ4n) is 1.55. The highest BCUT2D eigenvalue weighted by atomic mass is 16.5. The molecule has 4 heteroatoms. The number of hydrogen-bond acceptors (Lipinski definition) is 3. The first kappa shape index (κ1) is 15.2. The maximum absolute atomic E-state index is 10.6. The summed E-state index contributed by atoms with van der Waals surface area (Å²) in [4.78, 5) is 10.6. The van der Waals surface area contributed by atoms with Gasteiger partial charge in [0.05, 0.1) is 6.61 Å². The van der Waals surface area contributed by atoms with E-state index in [1.165, 1.54) is 6.08 Å². The zero-order valence-electron chi connectivity index (χ0n) is 11.4. The Balaban J connectivity index is 2.63. The highest BCUT2D eigenvalue weighted by molar-refractivity contribution is 5.85. The lowest BCUT2D eigenvalue weighted by atomic mass is 10.1. The minimum atomic E-state index is -0.973. The molecule has 1 N–H and O–H groups in total. The number of carboxylic acid groups (broad SMARTS) is 1. The van der Waals surface area contributed by atoms with Crippen LogP contribution in [0.25, 0.3) is 6.08 Å². The third-order valence-electron chi connectivity index (χ3n) is 2.40. The molecule has 1 rings (SSSR count). The lowest BCUT2D eigenvalue weighted by Crippen LogP contribution is -2.07. The number of rotatable bonds is 8. The van der Waals surface area contributed by atoms with Crippen molar-refractivity contribution >= 4 is 12.0 Å². The number of benzene rings is 1. The maximum atomic E-state index is 10.6. The number of carbonyl (C=O) groups is 1. The van der Waals surface area contributed by atoms with E-state index in [1.54, 1.807) is 0 Å². The van der Waals surface area contributed by atoms with Gasteiger partial charge in [-0.1, -0.05) is 18.6 Å². The van der Waals surface area contributed by atoms with Crippen molar-refractivity contribution in [1.82, 2.24) is 0 Å². The molecule has 0 fully saturated rings. The molecule has 0 aliphatic rings. The fraction of sp³-hybridized carbons (Fsp3) is 0.400. The van der Waals surface area contributed by atoms with Crippen LogP contribution in [-0.4, -0.2) is 30.9 Å². The fourth-order valence-corrected chi connectivity index (χ4v) is 1.55. The van der Waals surface area contributed by atoms with E-state index in [9.17, 15) is 4.79 Å². The van der Waals surface area contributed by atoms with E-state index in [0.29, 0.717) is 19.0 Å². The van der Waals surface area contributed by atoms with Gasteiger partial charge in [-0.25, -0.2) is 4.79 Å². The molecule has 0 radical (unpaired) electrons. The van der Waals surface area contributed by atoms with Crippen LogP contribution in [0, 0.1) is 6.92 Å². The smallest absolute Gasteiger partial charge is 0.328 e. The molecule has 0 aromatic heterocycles. The van der Waals surface area contributed by atoms with E-state index in [0.717, 1.165) is 30.2 Å². The van der Waals surface area contributed by atoms with Crippen LogP contribution in [-0.2, 0) is 9.53 Å². The molecule has 104 valence electrons. The van der Waals surface area contributed by atoms with Gasteiger partial charge in [0.1, 0.15) is 12.4 Å². The molecule has 0 unspecified atom stereocenters. The van der Waals surface area contributed by atoms with Crippen LogP contribution in [0.15, 0.2) is 24.3 Å². The molecular formula is C15H20O4.